The summed E-state index contributed by atoms with van der Waals surface area (Å²) in [5.41, 5.74) is 0.474. The number of aromatic nitrogens is 3. The van der Waals surface area contributed by atoms with Crippen molar-refractivity contribution >= 4 is 15.7 Å². The summed E-state index contributed by atoms with van der Waals surface area (Å²) in [6, 6.07) is 0.754. The Morgan fingerprint density at radius 2 is 2.00 bits per heavy atom. The molecule has 1 fully saturated rings. The van der Waals surface area contributed by atoms with Gasteiger partial charge in [0.15, 0.2) is 9.84 Å². The highest BCUT2D eigenvalue weighted by Crippen LogP contribution is 2.37. The van der Waals surface area contributed by atoms with Gasteiger partial charge in [-0.3, -0.25) is 9.48 Å². The highest BCUT2D eigenvalue weighted by Gasteiger charge is 2.46. The summed E-state index contributed by atoms with van der Waals surface area (Å²) in [5, 5.41) is 7.30. The summed E-state index contributed by atoms with van der Waals surface area (Å²) < 4.78 is 81.1. The Labute approximate surface area is 193 Å². The molecule has 186 valence electrons. The Balaban J connectivity index is 1.63. The van der Waals surface area contributed by atoms with E-state index in [1.165, 1.54) is 0 Å². The third kappa shape index (κ3) is 4.89. The molecular weight excluding hydrogens is 480 g/mol. The molecule has 2 aliphatic rings. The number of carbonyl (C=O) groups excluding carboxylic acids is 1. The maximum Gasteiger partial charge on any atom is 0.573 e. The van der Waals surface area contributed by atoms with Gasteiger partial charge in [0.2, 0.25) is 11.9 Å². The van der Waals surface area contributed by atoms with Crippen LogP contribution in [0, 0.1) is 11.9 Å². The van der Waals surface area contributed by atoms with E-state index in [1.807, 2.05) is 13.8 Å². The predicted molar refractivity (Wildman–Crippen MR) is 113 cm³/mol. The lowest BCUT2D eigenvalue weighted by Crippen LogP contribution is -2.64. The minimum atomic E-state index is -4.95. The van der Waals surface area contributed by atoms with E-state index in [1.54, 1.807) is 11.6 Å². The molecule has 3 heterocycles. The zero-order chi connectivity index (χ0) is 25.1. The van der Waals surface area contributed by atoms with Crippen molar-refractivity contribution in [1.29, 1.82) is 0 Å². The first kappa shape index (κ1) is 24.4. The van der Waals surface area contributed by atoms with Gasteiger partial charge in [-0.1, -0.05) is 0 Å². The van der Waals surface area contributed by atoms with E-state index in [2.05, 4.69) is 20.1 Å². The molecule has 1 saturated heterocycles. The standard InChI is InChI=1S/C21H24F4N4O4S/c1-11(2)29-16-6-12(19(30)27-20(3)9-34(31,32)10-20)4-5-14(16)17(28-29)15-7-13(8-26-18(15)22)33-21(23,24)25/h7-8,11-12H,4-6,9-10H2,1-3H3,(H,27,30)/t12-/m1/s1. The Morgan fingerprint density at radius 1 is 1.32 bits per heavy atom. The van der Waals surface area contributed by atoms with Crippen LogP contribution in [0.5, 0.6) is 5.75 Å². The number of nitrogens with zero attached hydrogens (tertiary/aromatic N) is 3. The van der Waals surface area contributed by atoms with Gasteiger partial charge in [-0.25, -0.2) is 13.4 Å². The third-order valence-electron chi connectivity index (χ3n) is 5.97. The average molecular weight is 505 g/mol. The third-order valence-corrected chi connectivity index (χ3v) is 8.12. The molecule has 34 heavy (non-hydrogen) atoms. The fourth-order valence-corrected chi connectivity index (χ4v) is 6.69. The number of carbonyl (C=O) groups is 1. The number of ether oxygens (including phenoxy) is 1. The number of pyridine rings is 1. The monoisotopic (exact) mass is 504 g/mol. The molecule has 0 aromatic carbocycles. The quantitative estimate of drug-likeness (QED) is 0.496. The van der Waals surface area contributed by atoms with Crippen molar-refractivity contribution < 1.29 is 35.5 Å². The second-order valence-electron chi connectivity index (χ2n) is 9.39. The fourth-order valence-electron chi connectivity index (χ4n) is 4.69. The van der Waals surface area contributed by atoms with Gasteiger partial charge in [0.1, 0.15) is 11.4 Å². The van der Waals surface area contributed by atoms with Crippen molar-refractivity contribution in [3.05, 3.63) is 29.5 Å². The summed E-state index contributed by atoms with van der Waals surface area (Å²) in [7, 11) is -3.13. The van der Waals surface area contributed by atoms with E-state index in [4.69, 9.17) is 0 Å². The van der Waals surface area contributed by atoms with E-state index in [9.17, 15) is 30.8 Å². The molecule has 13 heteroatoms. The number of halogens is 4. The normalized spacial score (nSPS) is 21.0. The van der Waals surface area contributed by atoms with Crippen LogP contribution in [0.1, 0.15) is 44.5 Å². The Bertz CT molecular complexity index is 1230. The van der Waals surface area contributed by atoms with Crippen LogP contribution in [0.4, 0.5) is 17.6 Å². The molecule has 1 aliphatic carbocycles. The molecule has 1 N–H and O–H groups in total. The molecule has 0 spiro atoms. The van der Waals surface area contributed by atoms with Gasteiger partial charge in [0.05, 0.1) is 28.8 Å². The van der Waals surface area contributed by atoms with Gasteiger partial charge < -0.3 is 10.1 Å². The van der Waals surface area contributed by atoms with Crippen LogP contribution in [-0.2, 0) is 27.5 Å². The van der Waals surface area contributed by atoms with Crippen molar-refractivity contribution in [3.63, 3.8) is 0 Å². The Morgan fingerprint density at radius 3 is 2.59 bits per heavy atom. The zero-order valence-corrected chi connectivity index (χ0v) is 19.6. The second-order valence-corrected chi connectivity index (χ2v) is 11.5. The summed E-state index contributed by atoms with van der Waals surface area (Å²) in [4.78, 5) is 16.3. The maximum atomic E-state index is 14.6. The van der Waals surface area contributed by atoms with E-state index < -0.39 is 39.4 Å². The van der Waals surface area contributed by atoms with Crippen LogP contribution in [0.15, 0.2) is 12.3 Å². The maximum absolute atomic E-state index is 14.6. The lowest BCUT2D eigenvalue weighted by Gasteiger charge is -2.39. The van der Waals surface area contributed by atoms with Gasteiger partial charge >= 0.3 is 6.36 Å². The van der Waals surface area contributed by atoms with Crippen LogP contribution in [0.2, 0.25) is 0 Å². The summed E-state index contributed by atoms with van der Waals surface area (Å²) in [6.45, 7) is 5.38. The average Bonchev–Trinajstić information content (AvgIpc) is 3.05. The van der Waals surface area contributed by atoms with Crippen molar-refractivity contribution in [2.24, 2.45) is 5.92 Å². The summed E-state index contributed by atoms with van der Waals surface area (Å²) >= 11 is 0. The van der Waals surface area contributed by atoms with Gasteiger partial charge in [-0.2, -0.15) is 9.49 Å². The number of sulfone groups is 1. The molecule has 2 aromatic rings. The minimum Gasteiger partial charge on any atom is -0.404 e. The van der Waals surface area contributed by atoms with Gasteiger partial charge in [-0.15, -0.1) is 13.2 Å². The molecule has 1 amide bonds. The molecule has 8 nitrogen and oxygen atoms in total. The molecule has 0 radical (unpaired) electrons. The van der Waals surface area contributed by atoms with Crippen molar-refractivity contribution in [1.82, 2.24) is 20.1 Å². The van der Waals surface area contributed by atoms with Crippen LogP contribution in [0.25, 0.3) is 11.3 Å². The molecule has 0 bridgehead atoms. The van der Waals surface area contributed by atoms with Crippen LogP contribution >= 0.6 is 0 Å². The number of hydrogen-bond donors (Lipinski definition) is 1. The topological polar surface area (TPSA) is 103 Å². The molecule has 4 rings (SSSR count). The van der Waals surface area contributed by atoms with E-state index in [-0.39, 0.29) is 41.1 Å². The minimum absolute atomic E-state index is 0.111. The van der Waals surface area contributed by atoms with Crippen LogP contribution in [0.3, 0.4) is 0 Å². The number of hydrogen-bond acceptors (Lipinski definition) is 6. The number of rotatable bonds is 5. The number of alkyl halides is 3. The van der Waals surface area contributed by atoms with E-state index in [0.717, 1.165) is 6.07 Å². The summed E-state index contributed by atoms with van der Waals surface area (Å²) in [5.74, 6) is -2.58. The zero-order valence-electron chi connectivity index (χ0n) is 18.7. The highest BCUT2D eigenvalue weighted by atomic mass is 32.2. The van der Waals surface area contributed by atoms with Gasteiger partial charge in [0.25, 0.3) is 0 Å². The van der Waals surface area contributed by atoms with Crippen LogP contribution in [-0.4, -0.2) is 52.5 Å². The predicted octanol–water partition coefficient (Wildman–Crippen LogP) is 2.97. The highest BCUT2D eigenvalue weighted by molar-refractivity contribution is 7.93. The SMILES string of the molecule is CC(C)n1nc(-c2cc(OC(F)(F)F)cnc2F)c2c1C[C@H](C(=O)NC1(C)CS(=O)(=O)C1)CC2. The number of fused-ring (bicyclic) bond motifs is 1. The van der Waals surface area contributed by atoms with E-state index >= 15 is 0 Å². The molecule has 0 unspecified atom stereocenters. The van der Waals surface area contributed by atoms with E-state index in [0.29, 0.717) is 30.3 Å². The first-order chi connectivity index (χ1) is 15.7. The molecule has 0 saturated carbocycles. The van der Waals surface area contributed by atoms with Crippen LogP contribution < -0.4 is 10.1 Å². The van der Waals surface area contributed by atoms with Gasteiger partial charge in [0, 0.05) is 29.6 Å². The molecule has 2 aromatic heterocycles. The first-order valence-corrected chi connectivity index (χ1v) is 12.5. The second kappa shape index (κ2) is 8.21. The lowest BCUT2D eigenvalue weighted by atomic mass is 9.84. The molecular formula is C21H24F4N4O4S. The smallest absolute Gasteiger partial charge is 0.404 e. The number of nitrogens with one attached hydrogen (secondary N) is 1. The van der Waals surface area contributed by atoms with Gasteiger partial charge in [-0.05, 0) is 39.7 Å². The Hall–Kier alpha value is -2.70. The lowest BCUT2D eigenvalue weighted by molar-refractivity contribution is -0.274. The summed E-state index contributed by atoms with van der Waals surface area (Å²) in [6.07, 6.45) is -3.28. The Kier molecular flexibility index (Phi) is 5.90. The van der Waals surface area contributed by atoms with Crippen molar-refractivity contribution in [3.8, 4) is 17.0 Å². The number of amides is 1. The molecule has 1 atom stereocenters. The fraction of sp³-hybridized carbons (Fsp3) is 0.571. The largest absolute Gasteiger partial charge is 0.573 e. The molecule has 1 aliphatic heterocycles. The van der Waals surface area contributed by atoms with Crippen molar-refractivity contribution in [2.75, 3.05) is 11.5 Å². The first-order valence-electron chi connectivity index (χ1n) is 10.7. The van der Waals surface area contributed by atoms with Crippen molar-refractivity contribution in [2.45, 2.75) is 58.0 Å².